The summed E-state index contributed by atoms with van der Waals surface area (Å²) >= 11 is 6.08. The number of rotatable bonds is 1. The molecule has 3 rings (SSSR count). The molecule has 1 aromatic carbocycles. The van der Waals surface area contributed by atoms with Gasteiger partial charge in [-0.3, -0.25) is 4.79 Å². The fourth-order valence-electron chi connectivity index (χ4n) is 2.46. The third kappa shape index (κ3) is 1.69. The largest absolute Gasteiger partial charge is 0.495 e. The summed E-state index contributed by atoms with van der Waals surface area (Å²) in [6.07, 6.45) is 0.848. The standard InChI is InChI=1S/C13H13ClN2O2/c1-18-12-4-8-7-2-3-15-6-9(7)13(17)16-11(8)5-10(12)14/h4-5,15H,2-3,6H2,1H3,(H,16,17). The minimum absolute atomic E-state index is 0.0362. The lowest BCUT2D eigenvalue weighted by atomic mass is 9.97. The smallest absolute Gasteiger partial charge is 0.253 e. The van der Waals surface area contributed by atoms with E-state index in [0.717, 1.165) is 35.0 Å². The summed E-state index contributed by atoms with van der Waals surface area (Å²) in [4.78, 5) is 14.8. The Morgan fingerprint density at radius 3 is 2.94 bits per heavy atom. The van der Waals surface area contributed by atoms with Gasteiger partial charge in [-0.15, -0.1) is 0 Å². The van der Waals surface area contributed by atoms with Gasteiger partial charge in [-0.2, -0.15) is 0 Å². The summed E-state index contributed by atoms with van der Waals surface area (Å²) in [5.41, 5.74) is 2.65. The Bertz CT molecular complexity index is 679. The molecule has 2 N–H and O–H groups in total. The molecule has 0 atom stereocenters. The van der Waals surface area contributed by atoms with E-state index >= 15 is 0 Å². The molecule has 18 heavy (non-hydrogen) atoms. The van der Waals surface area contributed by atoms with Crippen molar-refractivity contribution in [3.63, 3.8) is 0 Å². The van der Waals surface area contributed by atoms with Gasteiger partial charge in [-0.05, 0) is 30.7 Å². The molecule has 4 nitrogen and oxygen atoms in total. The van der Waals surface area contributed by atoms with Crippen molar-refractivity contribution >= 4 is 22.5 Å². The number of halogens is 1. The van der Waals surface area contributed by atoms with Crippen LogP contribution in [0.5, 0.6) is 5.75 Å². The zero-order valence-corrected chi connectivity index (χ0v) is 10.7. The van der Waals surface area contributed by atoms with Gasteiger partial charge in [0.15, 0.2) is 0 Å². The first kappa shape index (κ1) is 11.6. The Kier molecular flexibility index (Phi) is 2.76. The van der Waals surface area contributed by atoms with Crippen LogP contribution in [0, 0.1) is 0 Å². The molecule has 0 fully saturated rings. The average Bonchev–Trinajstić information content (AvgIpc) is 2.38. The summed E-state index contributed by atoms with van der Waals surface area (Å²) < 4.78 is 5.23. The molecule has 1 aromatic heterocycles. The summed E-state index contributed by atoms with van der Waals surface area (Å²) in [6.45, 7) is 1.50. The second kappa shape index (κ2) is 4.30. The SMILES string of the molecule is COc1cc2c3c(c(=O)[nH]c2cc1Cl)CNCC3. The fourth-order valence-corrected chi connectivity index (χ4v) is 2.70. The van der Waals surface area contributed by atoms with E-state index in [-0.39, 0.29) is 5.56 Å². The van der Waals surface area contributed by atoms with E-state index in [4.69, 9.17) is 16.3 Å². The number of aromatic nitrogens is 1. The maximum absolute atomic E-state index is 12.0. The molecule has 5 heteroatoms. The highest BCUT2D eigenvalue weighted by atomic mass is 35.5. The molecule has 0 unspecified atom stereocenters. The predicted molar refractivity (Wildman–Crippen MR) is 71.5 cm³/mol. The third-order valence-corrected chi connectivity index (χ3v) is 3.65. The van der Waals surface area contributed by atoms with Crippen LogP contribution in [-0.2, 0) is 13.0 Å². The van der Waals surface area contributed by atoms with Gasteiger partial charge >= 0.3 is 0 Å². The van der Waals surface area contributed by atoms with Crippen molar-refractivity contribution < 1.29 is 4.74 Å². The highest BCUT2D eigenvalue weighted by Gasteiger charge is 2.17. The van der Waals surface area contributed by atoms with Crippen LogP contribution in [0.4, 0.5) is 0 Å². The van der Waals surface area contributed by atoms with Gasteiger partial charge in [0.1, 0.15) is 5.75 Å². The molecule has 1 aliphatic rings. The molecule has 2 heterocycles. The van der Waals surface area contributed by atoms with Gasteiger partial charge in [0.25, 0.3) is 5.56 Å². The summed E-state index contributed by atoms with van der Waals surface area (Å²) in [7, 11) is 1.59. The van der Waals surface area contributed by atoms with Crippen LogP contribution in [0.3, 0.4) is 0 Å². The Morgan fingerprint density at radius 2 is 2.17 bits per heavy atom. The first-order valence-corrected chi connectivity index (χ1v) is 6.20. The highest BCUT2D eigenvalue weighted by molar-refractivity contribution is 6.32. The van der Waals surface area contributed by atoms with Crippen LogP contribution in [0.25, 0.3) is 10.9 Å². The molecule has 0 saturated heterocycles. The number of methoxy groups -OCH3 is 1. The number of benzene rings is 1. The van der Waals surface area contributed by atoms with Gasteiger partial charge in [0, 0.05) is 17.5 Å². The topological polar surface area (TPSA) is 54.1 Å². The molecule has 0 radical (unpaired) electrons. The van der Waals surface area contributed by atoms with Crippen molar-refractivity contribution in [2.75, 3.05) is 13.7 Å². The van der Waals surface area contributed by atoms with Crippen LogP contribution in [0.2, 0.25) is 5.02 Å². The van der Waals surface area contributed by atoms with Gasteiger partial charge in [-0.25, -0.2) is 0 Å². The molecule has 0 aliphatic carbocycles. The Labute approximate surface area is 109 Å². The lowest BCUT2D eigenvalue weighted by Gasteiger charge is -2.18. The van der Waals surface area contributed by atoms with Gasteiger partial charge in [0.05, 0.1) is 17.6 Å². The monoisotopic (exact) mass is 264 g/mol. The van der Waals surface area contributed by atoms with E-state index in [0.29, 0.717) is 17.3 Å². The highest BCUT2D eigenvalue weighted by Crippen LogP contribution is 2.31. The van der Waals surface area contributed by atoms with Crippen LogP contribution >= 0.6 is 11.6 Å². The lowest BCUT2D eigenvalue weighted by molar-refractivity contribution is 0.415. The minimum atomic E-state index is -0.0362. The average molecular weight is 265 g/mol. The normalized spacial score (nSPS) is 14.6. The zero-order chi connectivity index (χ0) is 12.7. The van der Waals surface area contributed by atoms with Crippen LogP contribution in [-0.4, -0.2) is 18.6 Å². The predicted octanol–water partition coefficient (Wildman–Crippen LogP) is 1.84. The van der Waals surface area contributed by atoms with Crippen molar-refractivity contribution in [3.8, 4) is 5.75 Å². The van der Waals surface area contributed by atoms with Crippen molar-refractivity contribution in [1.29, 1.82) is 0 Å². The van der Waals surface area contributed by atoms with E-state index < -0.39 is 0 Å². The van der Waals surface area contributed by atoms with E-state index in [1.54, 1.807) is 13.2 Å². The fraction of sp³-hybridized carbons (Fsp3) is 0.308. The Balaban J connectivity index is 2.39. The first-order valence-electron chi connectivity index (χ1n) is 5.82. The van der Waals surface area contributed by atoms with Gasteiger partial charge in [0.2, 0.25) is 0 Å². The van der Waals surface area contributed by atoms with E-state index in [9.17, 15) is 4.79 Å². The molecule has 94 valence electrons. The van der Waals surface area contributed by atoms with Gasteiger partial charge < -0.3 is 15.0 Å². The number of fused-ring (bicyclic) bond motifs is 3. The van der Waals surface area contributed by atoms with Gasteiger partial charge in [-0.1, -0.05) is 11.6 Å². The summed E-state index contributed by atoms with van der Waals surface area (Å²) in [5, 5.41) is 4.74. The van der Waals surface area contributed by atoms with Crippen molar-refractivity contribution in [1.82, 2.24) is 10.3 Å². The molecule has 0 amide bonds. The van der Waals surface area contributed by atoms with Crippen LogP contribution in [0.15, 0.2) is 16.9 Å². The molecule has 1 aliphatic heterocycles. The number of hydrogen-bond acceptors (Lipinski definition) is 3. The van der Waals surface area contributed by atoms with Crippen LogP contribution < -0.4 is 15.6 Å². The summed E-state index contributed by atoms with van der Waals surface area (Å²) in [5.74, 6) is 0.636. The van der Waals surface area contributed by atoms with Crippen molar-refractivity contribution in [2.45, 2.75) is 13.0 Å². The molecule has 0 spiro atoms. The maximum Gasteiger partial charge on any atom is 0.253 e. The molecular weight excluding hydrogens is 252 g/mol. The molecule has 0 saturated carbocycles. The molecule has 2 aromatic rings. The number of ether oxygens (including phenoxy) is 1. The number of pyridine rings is 1. The molecular formula is C13H13ClN2O2. The Hall–Kier alpha value is -1.52. The van der Waals surface area contributed by atoms with Crippen molar-refractivity contribution in [2.24, 2.45) is 0 Å². The Morgan fingerprint density at radius 1 is 1.33 bits per heavy atom. The maximum atomic E-state index is 12.0. The van der Waals surface area contributed by atoms with E-state index in [2.05, 4.69) is 10.3 Å². The zero-order valence-electron chi connectivity index (χ0n) is 9.97. The van der Waals surface area contributed by atoms with E-state index in [1.165, 1.54) is 0 Å². The first-order chi connectivity index (χ1) is 8.70. The van der Waals surface area contributed by atoms with Crippen molar-refractivity contribution in [3.05, 3.63) is 38.6 Å². The minimum Gasteiger partial charge on any atom is -0.495 e. The van der Waals surface area contributed by atoms with E-state index in [1.807, 2.05) is 6.07 Å². The van der Waals surface area contributed by atoms with Crippen LogP contribution in [0.1, 0.15) is 11.1 Å². The summed E-state index contributed by atoms with van der Waals surface area (Å²) in [6, 6.07) is 3.65. The number of hydrogen-bond donors (Lipinski definition) is 2. The third-order valence-electron chi connectivity index (χ3n) is 3.36. The number of aromatic amines is 1. The second-order valence-corrected chi connectivity index (χ2v) is 4.78. The second-order valence-electron chi connectivity index (χ2n) is 4.37. The lowest BCUT2D eigenvalue weighted by Crippen LogP contribution is -2.30. The molecule has 0 bridgehead atoms. The number of H-pyrrole nitrogens is 1. The number of nitrogens with one attached hydrogen (secondary N) is 2. The quantitative estimate of drug-likeness (QED) is 0.826.